The molecule has 2 aromatic heterocycles. The quantitative estimate of drug-likeness (QED) is 0.286. The molecule has 0 unspecified atom stereocenters. The molecule has 0 fully saturated rings. The molecule has 4 rings (SSSR count). The van der Waals surface area contributed by atoms with E-state index >= 15 is 0 Å². The van der Waals surface area contributed by atoms with Gasteiger partial charge >= 0.3 is 6.01 Å². The number of aromatic nitrogens is 3. The molecule has 0 aliphatic heterocycles. The minimum absolute atomic E-state index is 0.190. The van der Waals surface area contributed by atoms with Crippen molar-refractivity contribution in [2.24, 2.45) is 0 Å². The minimum Gasteiger partial charge on any atom is -0.398 e. The van der Waals surface area contributed by atoms with E-state index in [9.17, 15) is 4.79 Å². The summed E-state index contributed by atoms with van der Waals surface area (Å²) in [4.78, 5) is 20.6. The van der Waals surface area contributed by atoms with Crippen LogP contribution in [0.15, 0.2) is 71.5 Å². The maximum absolute atomic E-state index is 12.3. The fourth-order valence-electron chi connectivity index (χ4n) is 2.73. The number of anilines is 4. The number of benzene rings is 2. The number of pyridine rings is 1. The summed E-state index contributed by atoms with van der Waals surface area (Å²) in [7, 11) is 0. The Morgan fingerprint density at radius 2 is 2.00 bits per heavy atom. The van der Waals surface area contributed by atoms with Crippen molar-refractivity contribution in [1.82, 2.24) is 15.1 Å². The number of hydrogen-bond acceptors (Lipinski definition) is 8. The van der Waals surface area contributed by atoms with Crippen LogP contribution in [0.4, 0.5) is 23.1 Å². The van der Waals surface area contributed by atoms with Crippen LogP contribution in [0.25, 0.3) is 11.4 Å². The van der Waals surface area contributed by atoms with Crippen molar-refractivity contribution in [2.45, 2.75) is 0 Å². The van der Waals surface area contributed by atoms with Crippen molar-refractivity contribution in [3.05, 3.63) is 78.1 Å². The van der Waals surface area contributed by atoms with Crippen molar-refractivity contribution in [2.75, 3.05) is 16.4 Å². The number of nitrogens with zero attached hydrogens (tertiary/aromatic N) is 3. The number of nitrogens with two attached hydrogens (primary N) is 1. The first-order valence-corrected chi connectivity index (χ1v) is 8.95. The van der Waals surface area contributed by atoms with E-state index in [0.717, 1.165) is 0 Å². The number of hydrogen-bond donors (Lipinski definition) is 4. The highest BCUT2D eigenvalue weighted by Gasteiger charge is 2.11. The van der Waals surface area contributed by atoms with Gasteiger partial charge in [-0.3, -0.25) is 9.78 Å². The van der Waals surface area contributed by atoms with Gasteiger partial charge in [-0.2, -0.15) is 4.98 Å². The first kappa shape index (κ1) is 18.8. The highest BCUT2D eigenvalue weighted by atomic mass is 16.5. The van der Waals surface area contributed by atoms with Crippen LogP contribution in [0.2, 0.25) is 0 Å². The molecule has 9 heteroatoms. The second kappa shape index (κ2) is 8.23. The lowest BCUT2D eigenvalue weighted by Gasteiger charge is -2.06. The van der Waals surface area contributed by atoms with Gasteiger partial charge in [-0.05, 0) is 42.5 Å². The van der Waals surface area contributed by atoms with E-state index in [1.807, 2.05) is 6.07 Å². The molecule has 9 nitrogen and oxygen atoms in total. The molecule has 4 aromatic rings. The van der Waals surface area contributed by atoms with E-state index in [0.29, 0.717) is 39.6 Å². The monoisotopic (exact) mass is 399 g/mol. The zero-order valence-corrected chi connectivity index (χ0v) is 15.7. The number of nitrogen functional groups attached to an aromatic ring is 1. The normalized spacial score (nSPS) is 10.4. The minimum atomic E-state index is -0.263. The molecule has 0 aliphatic carbocycles. The van der Waals surface area contributed by atoms with Crippen LogP contribution in [-0.2, 0) is 0 Å². The lowest BCUT2D eigenvalue weighted by molar-refractivity contribution is 0.102. The Morgan fingerprint density at radius 3 is 2.80 bits per heavy atom. The molecule has 148 valence electrons. The SMILES string of the molecule is N=Cc1cc(Nc2nc(-c3cccc(NC(=O)c4cccnc4)c3)no2)ccc1N. The summed E-state index contributed by atoms with van der Waals surface area (Å²) in [5.41, 5.74) is 9.27. The van der Waals surface area contributed by atoms with Crippen LogP contribution in [0, 0.1) is 5.41 Å². The Hall–Kier alpha value is -4.53. The Balaban J connectivity index is 1.50. The summed E-state index contributed by atoms with van der Waals surface area (Å²) < 4.78 is 5.26. The molecule has 2 heterocycles. The standard InChI is InChI=1S/C21H17N7O2/c22-11-15-10-17(6-7-18(15)23)26-21-27-19(28-30-21)13-3-1-5-16(9-13)25-20(29)14-4-2-8-24-12-14/h1-12,22H,23H2,(H,25,29)(H,26,27,28). The van der Waals surface area contributed by atoms with Crippen molar-refractivity contribution >= 4 is 35.2 Å². The van der Waals surface area contributed by atoms with Crippen molar-refractivity contribution < 1.29 is 9.32 Å². The molecule has 0 bridgehead atoms. The van der Waals surface area contributed by atoms with Gasteiger partial charge in [0.05, 0.1) is 5.56 Å². The third-order valence-corrected chi connectivity index (χ3v) is 4.22. The zero-order valence-electron chi connectivity index (χ0n) is 15.7. The van der Waals surface area contributed by atoms with Gasteiger partial charge in [-0.25, -0.2) is 0 Å². The first-order chi connectivity index (χ1) is 14.6. The van der Waals surface area contributed by atoms with Gasteiger partial charge in [-0.1, -0.05) is 17.3 Å². The Kier molecular flexibility index (Phi) is 5.16. The maximum atomic E-state index is 12.3. The predicted octanol–water partition coefficient (Wildman–Crippen LogP) is 3.71. The lowest BCUT2D eigenvalue weighted by atomic mass is 10.2. The van der Waals surface area contributed by atoms with Crippen molar-refractivity contribution in [3.8, 4) is 11.4 Å². The van der Waals surface area contributed by atoms with Gasteiger partial charge in [0.15, 0.2) is 0 Å². The molecule has 0 aliphatic rings. The fourth-order valence-corrected chi connectivity index (χ4v) is 2.73. The zero-order chi connectivity index (χ0) is 20.9. The van der Waals surface area contributed by atoms with Crippen LogP contribution in [0.1, 0.15) is 15.9 Å². The van der Waals surface area contributed by atoms with E-state index in [1.165, 1.54) is 12.4 Å². The summed E-state index contributed by atoms with van der Waals surface area (Å²) in [6.45, 7) is 0. The van der Waals surface area contributed by atoms with E-state index < -0.39 is 0 Å². The van der Waals surface area contributed by atoms with Crippen LogP contribution in [-0.4, -0.2) is 27.2 Å². The number of nitrogens with one attached hydrogen (secondary N) is 3. The summed E-state index contributed by atoms with van der Waals surface area (Å²) in [5.74, 6) is 0.0961. The topological polar surface area (TPSA) is 143 Å². The number of rotatable bonds is 6. The number of carbonyl (C=O) groups excluding carboxylic acids is 1. The van der Waals surface area contributed by atoms with E-state index in [1.54, 1.807) is 54.7 Å². The number of carbonyl (C=O) groups is 1. The van der Waals surface area contributed by atoms with Gasteiger partial charge in [0.2, 0.25) is 5.82 Å². The van der Waals surface area contributed by atoms with Gasteiger partial charge in [0.1, 0.15) is 0 Å². The maximum Gasteiger partial charge on any atom is 0.326 e. The molecule has 0 spiro atoms. The highest BCUT2D eigenvalue weighted by molar-refractivity contribution is 6.04. The predicted molar refractivity (Wildman–Crippen MR) is 114 cm³/mol. The van der Waals surface area contributed by atoms with Crippen molar-refractivity contribution in [3.63, 3.8) is 0 Å². The van der Waals surface area contributed by atoms with Crippen molar-refractivity contribution in [1.29, 1.82) is 5.41 Å². The molecule has 0 saturated heterocycles. The molecule has 0 atom stereocenters. The Morgan fingerprint density at radius 1 is 1.10 bits per heavy atom. The van der Waals surface area contributed by atoms with E-state index in [-0.39, 0.29) is 11.9 Å². The van der Waals surface area contributed by atoms with Gasteiger partial charge in [0.25, 0.3) is 5.91 Å². The fraction of sp³-hybridized carbons (Fsp3) is 0. The summed E-state index contributed by atoms with van der Waals surface area (Å²) in [6, 6.07) is 15.8. The molecule has 0 radical (unpaired) electrons. The van der Waals surface area contributed by atoms with Gasteiger partial charge < -0.3 is 26.3 Å². The lowest BCUT2D eigenvalue weighted by Crippen LogP contribution is -2.11. The molecular formula is C21H17N7O2. The van der Waals surface area contributed by atoms with Crippen LogP contribution >= 0.6 is 0 Å². The van der Waals surface area contributed by atoms with Gasteiger partial charge in [0, 0.05) is 46.8 Å². The molecule has 0 saturated carbocycles. The summed E-state index contributed by atoms with van der Waals surface area (Å²) in [6.07, 6.45) is 4.28. The average Bonchev–Trinajstić information content (AvgIpc) is 3.24. The summed E-state index contributed by atoms with van der Waals surface area (Å²) >= 11 is 0. The molecular weight excluding hydrogens is 382 g/mol. The second-order valence-electron chi connectivity index (χ2n) is 6.31. The van der Waals surface area contributed by atoms with Crippen LogP contribution in [0.5, 0.6) is 0 Å². The second-order valence-corrected chi connectivity index (χ2v) is 6.31. The molecule has 2 aromatic carbocycles. The Labute approximate surface area is 171 Å². The molecule has 5 N–H and O–H groups in total. The van der Waals surface area contributed by atoms with Crippen LogP contribution < -0.4 is 16.4 Å². The molecule has 1 amide bonds. The van der Waals surface area contributed by atoms with E-state index in [2.05, 4.69) is 25.8 Å². The summed E-state index contributed by atoms with van der Waals surface area (Å²) in [5, 5.41) is 17.2. The third kappa shape index (κ3) is 4.14. The highest BCUT2D eigenvalue weighted by Crippen LogP contribution is 2.24. The van der Waals surface area contributed by atoms with E-state index in [4.69, 9.17) is 15.7 Å². The molecule has 30 heavy (non-hydrogen) atoms. The largest absolute Gasteiger partial charge is 0.398 e. The average molecular weight is 399 g/mol. The first-order valence-electron chi connectivity index (χ1n) is 8.95. The van der Waals surface area contributed by atoms with Gasteiger partial charge in [-0.15, -0.1) is 0 Å². The van der Waals surface area contributed by atoms with Crippen LogP contribution in [0.3, 0.4) is 0 Å². The number of amides is 1. The smallest absolute Gasteiger partial charge is 0.326 e. The third-order valence-electron chi connectivity index (χ3n) is 4.22. The Bertz CT molecular complexity index is 1200.